The molecule has 0 aliphatic carbocycles. The molecule has 1 aromatic rings. The van der Waals surface area contributed by atoms with Crippen LogP contribution in [0, 0.1) is 5.92 Å². The molecule has 0 radical (unpaired) electrons. The van der Waals surface area contributed by atoms with Gasteiger partial charge in [-0.1, -0.05) is 6.92 Å². The molecule has 0 saturated carbocycles. The number of piperidine rings is 1. The molecular formula is C17H26N2O5S. The minimum absolute atomic E-state index is 0.0625. The maximum absolute atomic E-state index is 12.7. The molecule has 140 valence electrons. The summed E-state index contributed by atoms with van der Waals surface area (Å²) in [6.45, 7) is 3.30. The van der Waals surface area contributed by atoms with Crippen molar-refractivity contribution < 1.29 is 22.7 Å². The van der Waals surface area contributed by atoms with Gasteiger partial charge in [-0.05, 0) is 30.9 Å². The standard InChI is InChI=1S/C17H26N2O5S/c1-13-6-5-9-19(11-13)17(20)12-18(2)25(21,22)14-7-8-15(23-3)16(10-14)24-4/h7-8,10,13H,5-6,9,11-12H2,1-4H3/t13-/m1/s1. The van der Waals surface area contributed by atoms with E-state index in [1.165, 1.54) is 39.5 Å². The number of hydrogen-bond donors (Lipinski definition) is 0. The quantitative estimate of drug-likeness (QED) is 0.760. The van der Waals surface area contributed by atoms with Crippen molar-refractivity contribution in [3.63, 3.8) is 0 Å². The van der Waals surface area contributed by atoms with Gasteiger partial charge in [0, 0.05) is 26.2 Å². The molecule has 7 nitrogen and oxygen atoms in total. The summed E-state index contributed by atoms with van der Waals surface area (Å²) in [6.07, 6.45) is 2.06. The van der Waals surface area contributed by atoms with Gasteiger partial charge in [-0.25, -0.2) is 8.42 Å². The number of likely N-dealkylation sites (N-methyl/N-ethyl adjacent to an activating group) is 1. The molecule has 1 atom stereocenters. The zero-order chi connectivity index (χ0) is 18.6. The number of nitrogens with zero attached hydrogens (tertiary/aromatic N) is 2. The first kappa shape index (κ1) is 19.5. The molecule has 0 N–H and O–H groups in total. The summed E-state index contributed by atoms with van der Waals surface area (Å²) in [7, 11) is 0.547. The van der Waals surface area contributed by atoms with E-state index in [0.717, 1.165) is 17.1 Å². The molecular weight excluding hydrogens is 344 g/mol. The van der Waals surface area contributed by atoms with Gasteiger partial charge in [-0.3, -0.25) is 4.79 Å². The van der Waals surface area contributed by atoms with E-state index >= 15 is 0 Å². The summed E-state index contributed by atoms with van der Waals surface area (Å²) in [5, 5.41) is 0. The van der Waals surface area contributed by atoms with Crippen LogP contribution in [0.4, 0.5) is 0 Å². The fourth-order valence-electron chi connectivity index (χ4n) is 2.95. The number of amides is 1. The van der Waals surface area contributed by atoms with Gasteiger partial charge in [0.1, 0.15) is 0 Å². The predicted molar refractivity (Wildman–Crippen MR) is 94.3 cm³/mol. The molecule has 1 heterocycles. The Bertz CT molecular complexity index is 720. The molecule has 1 saturated heterocycles. The first-order chi connectivity index (χ1) is 11.8. The van der Waals surface area contributed by atoms with E-state index in [4.69, 9.17) is 9.47 Å². The van der Waals surface area contributed by atoms with Crippen molar-refractivity contribution >= 4 is 15.9 Å². The monoisotopic (exact) mass is 370 g/mol. The maximum atomic E-state index is 12.7. The highest BCUT2D eigenvalue weighted by Gasteiger charge is 2.28. The smallest absolute Gasteiger partial charge is 0.243 e. The average Bonchev–Trinajstić information content (AvgIpc) is 2.60. The van der Waals surface area contributed by atoms with E-state index < -0.39 is 10.0 Å². The number of sulfonamides is 1. The molecule has 1 aliphatic heterocycles. The van der Waals surface area contributed by atoms with Gasteiger partial charge in [-0.15, -0.1) is 0 Å². The van der Waals surface area contributed by atoms with Crippen LogP contribution in [0.25, 0.3) is 0 Å². The summed E-state index contributed by atoms with van der Waals surface area (Å²) < 4.78 is 36.8. The van der Waals surface area contributed by atoms with E-state index in [-0.39, 0.29) is 17.3 Å². The van der Waals surface area contributed by atoms with Gasteiger partial charge in [0.25, 0.3) is 0 Å². The van der Waals surface area contributed by atoms with Crippen LogP contribution in [0.3, 0.4) is 0 Å². The molecule has 1 amide bonds. The molecule has 1 aliphatic rings. The minimum Gasteiger partial charge on any atom is -0.493 e. The highest BCUT2D eigenvalue weighted by atomic mass is 32.2. The molecule has 1 aromatic carbocycles. The summed E-state index contributed by atoms with van der Waals surface area (Å²) in [4.78, 5) is 14.2. The summed E-state index contributed by atoms with van der Waals surface area (Å²) >= 11 is 0. The van der Waals surface area contributed by atoms with Gasteiger partial charge in [0.05, 0.1) is 25.7 Å². The Morgan fingerprint density at radius 1 is 1.28 bits per heavy atom. The van der Waals surface area contributed by atoms with Crippen molar-refractivity contribution in [3.8, 4) is 11.5 Å². The Balaban J connectivity index is 2.14. The minimum atomic E-state index is -3.79. The highest BCUT2D eigenvalue weighted by molar-refractivity contribution is 7.89. The molecule has 0 bridgehead atoms. The second-order valence-corrected chi connectivity index (χ2v) is 8.41. The Morgan fingerprint density at radius 3 is 2.56 bits per heavy atom. The number of benzene rings is 1. The lowest BCUT2D eigenvalue weighted by molar-refractivity contribution is -0.132. The van der Waals surface area contributed by atoms with Crippen LogP contribution in [-0.4, -0.2) is 64.4 Å². The number of hydrogen-bond acceptors (Lipinski definition) is 5. The van der Waals surface area contributed by atoms with Crippen LogP contribution in [0.2, 0.25) is 0 Å². The Kier molecular flexibility index (Phi) is 6.29. The molecule has 0 spiro atoms. The van der Waals surface area contributed by atoms with E-state index in [1.807, 2.05) is 0 Å². The first-order valence-corrected chi connectivity index (χ1v) is 9.69. The van der Waals surface area contributed by atoms with Gasteiger partial charge in [0.2, 0.25) is 15.9 Å². The fourth-order valence-corrected chi connectivity index (χ4v) is 4.08. The number of ether oxygens (including phenoxy) is 2. The fraction of sp³-hybridized carbons (Fsp3) is 0.588. The van der Waals surface area contributed by atoms with Crippen molar-refractivity contribution in [3.05, 3.63) is 18.2 Å². The number of carbonyl (C=O) groups excluding carboxylic acids is 1. The number of likely N-dealkylation sites (tertiary alicyclic amines) is 1. The van der Waals surface area contributed by atoms with Crippen LogP contribution in [0.5, 0.6) is 11.5 Å². The van der Waals surface area contributed by atoms with Crippen LogP contribution >= 0.6 is 0 Å². The van der Waals surface area contributed by atoms with Crippen molar-refractivity contribution in [2.45, 2.75) is 24.7 Å². The van der Waals surface area contributed by atoms with Crippen molar-refractivity contribution in [2.24, 2.45) is 5.92 Å². The zero-order valence-corrected chi connectivity index (χ0v) is 16.0. The number of carbonyl (C=O) groups is 1. The third-order valence-electron chi connectivity index (χ3n) is 4.43. The lowest BCUT2D eigenvalue weighted by atomic mass is 10.0. The van der Waals surface area contributed by atoms with E-state index in [9.17, 15) is 13.2 Å². The third kappa shape index (κ3) is 4.43. The largest absolute Gasteiger partial charge is 0.493 e. The third-order valence-corrected chi connectivity index (χ3v) is 6.23. The summed E-state index contributed by atoms with van der Waals surface area (Å²) in [5.74, 6) is 1.05. The highest BCUT2D eigenvalue weighted by Crippen LogP contribution is 2.30. The van der Waals surface area contributed by atoms with Crippen molar-refractivity contribution in [2.75, 3.05) is 40.9 Å². The average molecular weight is 370 g/mol. The normalized spacial score (nSPS) is 18.3. The second-order valence-electron chi connectivity index (χ2n) is 6.37. The molecule has 0 aromatic heterocycles. The van der Waals surface area contributed by atoms with Gasteiger partial charge < -0.3 is 14.4 Å². The SMILES string of the molecule is COc1ccc(S(=O)(=O)N(C)CC(=O)N2CCC[C@@H](C)C2)cc1OC. The van der Waals surface area contributed by atoms with Gasteiger partial charge in [-0.2, -0.15) is 4.31 Å². The van der Waals surface area contributed by atoms with Crippen LogP contribution < -0.4 is 9.47 Å². The van der Waals surface area contributed by atoms with Crippen molar-refractivity contribution in [1.29, 1.82) is 0 Å². The molecule has 1 fully saturated rings. The lowest BCUT2D eigenvalue weighted by Crippen LogP contribution is -2.45. The van der Waals surface area contributed by atoms with Crippen molar-refractivity contribution in [1.82, 2.24) is 9.21 Å². The van der Waals surface area contributed by atoms with E-state index in [2.05, 4.69) is 6.92 Å². The first-order valence-electron chi connectivity index (χ1n) is 8.25. The van der Waals surface area contributed by atoms with E-state index in [0.29, 0.717) is 30.5 Å². The Morgan fingerprint density at radius 2 is 1.96 bits per heavy atom. The van der Waals surface area contributed by atoms with Crippen LogP contribution in [0.1, 0.15) is 19.8 Å². The predicted octanol–water partition coefficient (Wildman–Crippen LogP) is 1.58. The van der Waals surface area contributed by atoms with E-state index in [1.54, 1.807) is 4.90 Å². The second kappa shape index (κ2) is 8.05. The van der Waals surface area contributed by atoms with Crippen LogP contribution in [0.15, 0.2) is 23.1 Å². The van der Waals surface area contributed by atoms with Gasteiger partial charge in [0.15, 0.2) is 11.5 Å². The zero-order valence-electron chi connectivity index (χ0n) is 15.2. The number of rotatable bonds is 6. The van der Waals surface area contributed by atoms with Crippen LogP contribution in [-0.2, 0) is 14.8 Å². The summed E-state index contributed by atoms with van der Waals surface area (Å²) in [6, 6.07) is 4.38. The molecule has 25 heavy (non-hydrogen) atoms. The summed E-state index contributed by atoms with van der Waals surface area (Å²) in [5.41, 5.74) is 0. The molecule has 8 heteroatoms. The topological polar surface area (TPSA) is 76.2 Å². The Hall–Kier alpha value is -1.80. The maximum Gasteiger partial charge on any atom is 0.243 e. The number of methoxy groups -OCH3 is 2. The molecule has 2 rings (SSSR count). The molecule has 0 unspecified atom stereocenters. The Labute approximate surface area is 149 Å². The van der Waals surface area contributed by atoms with Gasteiger partial charge >= 0.3 is 0 Å². The lowest BCUT2D eigenvalue weighted by Gasteiger charge is -2.32.